The van der Waals surface area contributed by atoms with Crippen LogP contribution in [-0.4, -0.2) is 56.8 Å². The SMILES string of the molecule is CN/N=C\c1nc(N2CCCCCC2)nc(Nc2cc(OC)cc(OC)c2)c1C=O. The highest BCUT2D eigenvalue weighted by Crippen LogP contribution is 2.30. The fraction of sp³-hybridized carbons (Fsp3) is 0.429. The van der Waals surface area contributed by atoms with E-state index >= 15 is 0 Å². The highest BCUT2D eigenvalue weighted by atomic mass is 16.5. The highest BCUT2D eigenvalue weighted by Gasteiger charge is 2.19. The Morgan fingerprint density at radius 1 is 1.03 bits per heavy atom. The van der Waals surface area contributed by atoms with E-state index < -0.39 is 0 Å². The highest BCUT2D eigenvalue weighted by molar-refractivity contribution is 5.96. The van der Waals surface area contributed by atoms with Gasteiger partial charge in [-0.25, -0.2) is 4.98 Å². The number of rotatable bonds is 8. The molecule has 1 aromatic carbocycles. The van der Waals surface area contributed by atoms with E-state index in [1.165, 1.54) is 19.1 Å². The molecule has 3 rings (SSSR count). The van der Waals surface area contributed by atoms with Gasteiger partial charge in [-0.2, -0.15) is 10.1 Å². The zero-order valence-corrected chi connectivity index (χ0v) is 17.6. The smallest absolute Gasteiger partial charge is 0.227 e. The van der Waals surface area contributed by atoms with Crippen LogP contribution in [0.4, 0.5) is 17.5 Å². The van der Waals surface area contributed by atoms with Crippen LogP contribution in [0.2, 0.25) is 0 Å². The minimum atomic E-state index is 0.328. The molecule has 1 saturated heterocycles. The number of hydrogen-bond donors (Lipinski definition) is 2. The number of carbonyl (C=O) groups excluding carboxylic acids is 1. The van der Waals surface area contributed by atoms with E-state index in [0.717, 1.165) is 32.2 Å². The summed E-state index contributed by atoms with van der Waals surface area (Å²) in [5, 5.41) is 7.28. The number of nitrogens with zero attached hydrogens (tertiary/aromatic N) is 4. The van der Waals surface area contributed by atoms with E-state index in [-0.39, 0.29) is 0 Å². The van der Waals surface area contributed by atoms with Gasteiger partial charge in [-0.1, -0.05) is 12.8 Å². The maximum absolute atomic E-state index is 11.9. The van der Waals surface area contributed by atoms with Crippen molar-refractivity contribution in [2.45, 2.75) is 25.7 Å². The Morgan fingerprint density at radius 2 is 1.70 bits per heavy atom. The summed E-state index contributed by atoms with van der Waals surface area (Å²) in [5.41, 5.74) is 4.17. The van der Waals surface area contributed by atoms with E-state index in [9.17, 15) is 4.79 Å². The average molecular weight is 412 g/mol. The molecule has 2 heterocycles. The molecule has 30 heavy (non-hydrogen) atoms. The molecule has 0 amide bonds. The lowest BCUT2D eigenvalue weighted by molar-refractivity contribution is 0.112. The number of nitrogens with one attached hydrogen (secondary N) is 2. The largest absolute Gasteiger partial charge is 0.497 e. The van der Waals surface area contributed by atoms with Crippen LogP contribution >= 0.6 is 0 Å². The van der Waals surface area contributed by atoms with Crippen molar-refractivity contribution in [2.75, 3.05) is 44.6 Å². The van der Waals surface area contributed by atoms with Gasteiger partial charge in [-0.3, -0.25) is 4.79 Å². The molecule has 0 spiro atoms. The lowest BCUT2D eigenvalue weighted by atomic mass is 10.2. The zero-order valence-electron chi connectivity index (χ0n) is 17.6. The van der Waals surface area contributed by atoms with Crippen molar-refractivity contribution in [1.82, 2.24) is 15.4 Å². The van der Waals surface area contributed by atoms with Crippen LogP contribution in [-0.2, 0) is 0 Å². The molecule has 0 unspecified atom stereocenters. The fourth-order valence-corrected chi connectivity index (χ4v) is 3.34. The second-order valence-electron chi connectivity index (χ2n) is 6.90. The third-order valence-electron chi connectivity index (χ3n) is 4.90. The van der Waals surface area contributed by atoms with Crippen molar-refractivity contribution in [3.05, 3.63) is 29.5 Å². The number of anilines is 3. The van der Waals surface area contributed by atoms with Crippen molar-refractivity contribution in [1.29, 1.82) is 0 Å². The number of methoxy groups -OCH3 is 2. The van der Waals surface area contributed by atoms with Gasteiger partial charge in [0.1, 0.15) is 23.0 Å². The summed E-state index contributed by atoms with van der Waals surface area (Å²) < 4.78 is 10.7. The first-order chi connectivity index (χ1) is 14.7. The Bertz CT molecular complexity index is 872. The van der Waals surface area contributed by atoms with Crippen LogP contribution in [0, 0.1) is 0 Å². The predicted molar refractivity (Wildman–Crippen MR) is 118 cm³/mol. The summed E-state index contributed by atoms with van der Waals surface area (Å²) >= 11 is 0. The van der Waals surface area contributed by atoms with Crippen LogP contribution in [0.5, 0.6) is 11.5 Å². The molecule has 1 fully saturated rings. The molecule has 2 aromatic rings. The maximum Gasteiger partial charge on any atom is 0.227 e. The van der Waals surface area contributed by atoms with E-state index in [2.05, 4.69) is 25.7 Å². The van der Waals surface area contributed by atoms with E-state index in [0.29, 0.717) is 40.2 Å². The van der Waals surface area contributed by atoms with Crippen molar-refractivity contribution >= 4 is 30.0 Å². The molecule has 0 saturated carbocycles. The molecule has 0 bridgehead atoms. The molecule has 9 heteroatoms. The Balaban J connectivity index is 2.05. The molecule has 0 atom stereocenters. The third-order valence-corrected chi connectivity index (χ3v) is 4.90. The average Bonchev–Trinajstić information content (AvgIpc) is 3.06. The van der Waals surface area contributed by atoms with Gasteiger partial charge in [0.15, 0.2) is 6.29 Å². The fourth-order valence-electron chi connectivity index (χ4n) is 3.34. The number of aromatic nitrogens is 2. The van der Waals surface area contributed by atoms with Crippen LogP contribution in [0.25, 0.3) is 0 Å². The molecule has 1 aromatic heterocycles. The molecule has 0 aliphatic carbocycles. The molecule has 1 aliphatic rings. The Hall–Kier alpha value is -3.36. The summed E-state index contributed by atoms with van der Waals surface area (Å²) in [7, 11) is 4.86. The Kier molecular flexibility index (Phi) is 7.42. The molecule has 160 valence electrons. The topological polar surface area (TPSA) is 101 Å². The van der Waals surface area contributed by atoms with Gasteiger partial charge in [0, 0.05) is 44.0 Å². The first-order valence-electron chi connectivity index (χ1n) is 10.0. The van der Waals surface area contributed by atoms with E-state index in [1.54, 1.807) is 27.3 Å². The molecule has 1 aliphatic heterocycles. The number of aldehydes is 1. The number of carbonyl (C=O) groups is 1. The van der Waals surface area contributed by atoms with Gasteiger partial charge < -0.3 is 25.1 Å². The third kappa shape index (κ3) is 5.16. The lowest BCUT2D eigenvalue weighted by Gasteiger charge is -2.22. The Labute approximate surface area is 176 Å². The first-order valence-corrected chi connectivity index (χ1v) is 10.0. The van der Waals surface area contributed by atoms with Crippen LogP contribution < -0.4 is 25.1 Å². The number of ether oxygens (including phenoxy) is 2. The first kappa shape index (κ1) is 21.4. The maximum atomic E-state index is 11.9. The van der Waals surface area contributed by atoms with Crippen molar-refractivity contribution < 1.29 is 14.3 Å². The number of hydrogen-bond acceptors (Lipinski definition) is 9. The quantitative estimate of drug-likeness (QED) is 0.388. The molecular formula is C21H28N6O3. The van der Waals surface area contributed by atoms with Crippen LogP contribution in [0.15, 0.2) is 23.3 Å². The van der Waals surface area contributed by atoms with Crippen LogP contribution in [0.3, 0.4) is 0 Å². The molecule has 0 radical (unpaired) electrons. The van der Waals surface area contributed by atoms with Gasteiger partial charge in [0.05, 0.1) is 26.0 Å². The van der Waals surface area contributed by atoms with E-state index in [1.807, 2.05) is 12.1 Å². The zero-order chi connectivity index (χ0) is 21.3. The molecular weight excluding hydrogens is 384 g/mol. The Morgan fingerprint density at radius 3 is 2.27 bits per heavy atom. The van der Waals surface area contributed by atoms with Gasteiger partial charge in [0.25, 0.3) is 0 Å². The van der Waals surface area contributed by atoms with Gasteiger partial charge in [-0.15, -0.1) is 0 Å². The van der Waals surface area contributed by atoms with Crippen molar-refractivity contribution in [2.24, 2.45) is 5.10 Å². The van der Waals surface area contributed by atoms with Crippen molar-refractivity contribution in [3.8, 4) is 11.5 Å². The van der Waals surface area contributed by atoms with Crippen LogP contribution in [0.1, 0.15) is 41.7 Å². The molecule has 2 N–H and O–H groups in total. The summed E-state index contributed by atoms with van der Waals surface area (Å²) in [6.07, 6.45) is 6.85. The summed E-state index contributed by atoms with van der Waals surface area (Å²) in [5.74, 6) is 2.25. The molecule has 9 nitrogen and oxygen atoms in total. The monoisotopic (exact) mass is 412 g/mol. The number of hydrazone groups is 1. The van der Waals surface area contributed by atoms with E-state index in [4.69, 9.17) is 14.5 Å². The standard InChI is InChI=1S/C21H28N6O3/c1-22-23-13-19-18(14-28)20(24-15-10-16(29-2)12-17(11-15)30-3)26-21(25-19)27-8-6-4-5-7-9-27/h10-14,22H,4-9H2,1-3H3,(H,24,25,26)/b23-13-. The van der Waals surface area contributed by atoms with Crippen molar-refractivity contribution in [3.63, 3.8) is 0 Å². The summed E-state index contributed by atoms with van der Waals surface area (Å²) in [6, 6.07) is 5.40. The lowest BCUT2D eigenvalue weighted by Crippen LogP contribution is -2.27. The van der Waals surface area contributed by atoms with Gasteiger partial charge in [0.2, 0.25) is 5.95 Å². The normalized spacial score (nSPS) is 14.3. The second kappa shape index (κ2) is 10.4. The van der Waals surface area contributed by atoms with Gasteiger partial charge in [-0.05, 0) is 12.8 Å². The minimum absolute atomic E-state index is 0.328. The number of benzene rings is 1. The second-order valence-corrected chi connectivity index (χ2v) is 6.90. The van der Waals surface area contributed by atoms with Gasteiger partial charge >= 0.3 is 0 Å². The predicted octanol–water partition coefficient (Wildman–Crippen LogP) is 2.98. The minimum Gasteiger partial charge on any atom is -0.497 e. The summed E-state index contributed by atoms with van der Waals surface area (Å²) in [6.45, 7) is 1.77. The summed E-state index contributed by atoms with van der Waals surface area (Å²) in [4.78, 5) is 23.4.